The van der Waals surface area contributed by atoms with Gasteiger partial charge in [0.25, 0.3) is 11.8 Å². The lowest BCUT2D eigenvalue weighted by atomic mass is 10.1. The highest BCUT2D eigenvalue weighted by atomic mass is 32.1. The summed E-state index contributed by atoms with van der Waals surface area (Å²) in [5.74, 6) is -0.535. The summed E-state index contributed by atoms with van der Waals surface area (Å²) in [5.41, 5.74) is 2.87. The zero-order valence-corrected chi connectivity index (χ0v) is 18.1. The average Bonchev–Trinajstić information content (AvgIpc) is 3.26. The number of hydrogen-bond donors (Lipinski definition) is 1. The van der Waals surface area contributed by atoms with Crippen molar-refractivity contribution in [3.05, 3.63) is 70.6 Å². The number of unbranched alkanes of at least 4 members (excludes halogenated alkanes) is 2. The molecule has 1 N–H and O–H groups in total. The van der Waals surface area contributed by atoms with E-state index < -0.39 is 0 Å². The summed E-state index contributed by atoms with van der Waals surface area (Å²) >= 11 is 1.47. The Balaban J connectivity index is 1.21. The molecule has 0 atom stereocenters. The van der Waals surface area contributed by atoms with Gasteiger partial charge in [0.2, 0.25) is 5.91 Å². The van der Waals surface area contributed by atoms with Crippen LogP contribution in [0.25, 0.3) is 11.3 Å². The number of fused-ring (bicyclic) bond motifs is 1. The van der Waals surface area contributed by atoms with Crippen LogP contribution in [0, 0.1) is 6.92 Å². The van der Waals surface area contributed by atoms with Crippen LogP contribution in [0.5, 0.6) is 0 Å². The second kappa shape index (κ2) is 9.22. The summed E-state index contributed by atoms with van der Waals surface area (Å²) in [7, 11) is 0. The van der Waals surface area contributed by atoms with Crippen molar-refractivity contribution in [2.45, 2.75) is 32.6 Å². The van der Waals surface area contributed by atoms with Crippen molar-refractivity contribution in [2.75, 3.05) is 11.9 Å². The quantitative estimate of drug-likeness (QED) is 0.404. The summed E-state index contributed by atoms with van der Waals surface area (Å²) in [6, 6.07) is 16.8. The number of aryl methyl sites for hydroxylation is 1. The van der Waals surface area contributed by atoms with Gasteiger partial charge in [0.05, 0.1) is 16.8 Å². The Kier molecular flexibility index (Phi) is 6.23. The van der Waals surface area contributed by atoms with Crippen LogP contribution in [0.15, 0.2) is 54.6 Å². The summed E-state index contributed by atoms with van der Waals surface area (Å²) in [4.78, 5) is 43.9. The topological polar surface area (TPSA) is 79.4 Å². The molecule has 7 heteroatoms. The van der Waals surface area contributed by atoms with Gasteiger partial charge in [-0.2, -0.15) is 0 Å². The molecule has 3 aromatic rings. The third-order valence-electron chi connectivity index (χ3n) is 5.25. The fraction of sp³-hybridized carbons (Fsp3) is 0.250. The highest BCUT2D eigenvalue weighted by molar-refractivity contribution is 7.16. The van der Waals surface area contributed by atoms with Crippen molar-refractivity contribution in [2.24, 2.45) is 0 Å². The van der Waals surface area contributed by atoms with Crippen LogP contribution in [-0.2, 0) is 4.79 Å². The second-order valence-corrected chi connectivity index (χ2v) is 8.66. The van der Waals surface area contributed by atoms with Crippen molar-refractivity contribution in [1.29, 1.82) is 0 Å². The molecule has 0 saturated carbocycles. The fourth-order valence-corrected chi connectivity index (χ4v) is 4.52. The molecule has 0 aliphatic carbocycles. The minimum atomic E-state index is -0.230. The summed E-state index contributed by atoms with van der Waals surface area (Å²) in [6.07, 6.45) is 2.49. The molecule has 1 aliphatic rings. The van der Waals surface area contributed by atoms with E-state index in [1.54, 1.807) is 24.3 Å². The van der Waals surface area contributed by atoms with Gasteiger partial charge in [-0.25, -0.2) is 4.98 Å². The molecule has 0 unspecified atom stereocenters. The Hall–Kier alpha value is -3.32. The molecular weight excluding hydrogens is 410 g/mol. The van der Waals surface area contributed by atoms with Gasteiger partial charge in [-0.1, -0.05) is 48.9 Å². The second-order valence-electron chi connectivity index (χ2n) is 7.46. The molecule has 1 aliphatic heterocycles. The number of imide groups is 1. The Morgan fingerprint density at radius 3 is 2.26 bits per heavy atom. The van der Waals surface area contributed by atoms with E-state index in [1.807, 2.05) is 37.3 Å². The van der Waals surface area contributed by atoms with E-state index in [2.05, 4.69) is 10.3 Å². The van der Waals surface area contributed by atoms with E-state index in [-0.39, 0.29) is 17.7 Å². The third-order valence-corrected chi connectivity index (χ3v) is 6.14. The minimum Gasteiger partial charge on any atom is -0.302 e. The zero-order chi connectivity index (χ0) is 21.8. The van der Waals surface area contributed by atoms with Crippen LogP contribution < -0.4 is 5.32 Å². The fourth-order valence-electron chi connectivity index (χ4n) is 3.67. The summed E-state index contributed by atoms with van der Waals surface area (Å²) < 4.78 is 0. The zero-order valence-electron chi connectivity index (χ0n) is 17.3. The molecule has 0 spiro atoms. The maximum atomic E-state index is 12.3. The molecule has 4 rings (SSSR count). The van der Waals surface area contributed by atoms with Crippen LogP contribution in [0.4, 0.5) is 5.13 Å². The standard InChI is InChI=1S/C24H23N3O3S/c1-16-21(17-10-4-2-5-11-17)26-24(31-16)25-20(28)14-6-3-9-15-27-22(29)18-12-7-8-13-19(18)23(27)30/h2,4-5,7-8,10-13H,3,6,9,14-15H2,1H3,(H,25,26,28). The monoisotopic (exact) mass is 433 g/mol. The molecule has 0 saturated heterocycles. The first-order valence-electron chi connectivity index (χ1n) is 10.3. The first kappa shape index (κ1) is 20.9. The number of amides is 3. The molecule has 2 aromatic carbocycles. The van der Waals surface area contributed by atoms with E-state index in [0.717, 1.165) is 22.6 Å². The molecule has 3 amide bonds. The molecule has 0 bridgehead atoms. The van der Waals surface area contributed by atoms with Crippen LogP contribution in [0.3, 0.4) is 0 Å². The van der Waals surface area contributed by atoms with Gasteiger partial charge in [-0.15, -0.1) is 11.3 Å². The molecule has 31 heavy (non-hydrogen) atoms. The number of hydrogen-bond acceptors (Lipinski definition) is 5. The lowest BCUT2D eigenvalue weighted by Gasteiger charge is -2.13. The molecule has 6 nitrogen and oxygen atoms in total. The van der Waals surface area contributed by atoms with E-state index in [4.69, 9.17) is 0 Å². The van der Waals surface area contributed by atoms with E-state index in [0.29, 0.717) is 42.1 Å². The van der Waals surface area contributed by atoms with Crippen molar-refractivity contribution in [3.63, 3.8) is 0 Å². The molecule has 0 radical (unpaired) electrons. The number of thiazole rings is 1. The SMILES string of the molecule is Cc1sc(NC(=O)CCCCCN2C(=O)c3ccccc3C2=O)nc1-c1ccccc1. The van der Waals surface area contributed by atoms with Gasteiger partial charge in [-0.05, 0) is 31.9 Å². The molecule has 1 aromatic heterocycles. The van der Waals surface area contributed by atoms with Crippen LogP contribution in [-0.4, -0.2) is 34.2 Å². The highest BCUT2D eigenvalue weighted by Gasteiger charge is 2.34. The lowest BCUT2D eigenvalue weighted by molar-refractivity contribution is -0.116. The Morgan fingerprint density at radius 2 is 1.58 bits per heavy atom. The number of nitrogens with one attached hydrogen (secondary N) is 1. The number of rotatable bonds is 8. The first-order chi connectivity index (χ1) is 15.0. The van der Waals surface area contributed by atoms with Crippen LogP contribution in [0.1, 0.15) is 51.3 Å². The Labute approximate surface area is 184 Å². The minimum absolute atomic E-state index is 0.0749. The predicted molar refractivity (Wildman–Crippen MR) is 121 cm³/mol. The number of aromatic nitrogens is 1. The molecule has 158 valence electrons. The lowest BCUT2D eigenvalue weighted by Crippen LogP contribution is -2.30. The van der Waals surface area contributed by atoms with Crippen LogP contribution in [0.2, 0.25) is 0 Å². The first-order valence-corrected chi connectivity index (χ1v) is 11.1. The van der Waals surface area contributed by atoms with Gasteiger partial charge in [0.1, 0.15) is 0 Å². The van der Waals surface area contributed by atoms with Crippen LogP contribution >= 0.6 is 11.3 Å². The maximum absolute atomic E-state index is 12.3. The third kappa shape index (κ3) is 4.56. The number of nitrogens with zero attached hydrogens (tertiary/aromatic N) is 2. The van der Waals surface area contributed by atoms with Crippen molar-refractivity contribution in [3.8, 4) is 11.3 Å². The predicted octanol–water partition coefficient (Wildman–Crippen LogP) is 4.91. The Bertz CT molecular complexity index is 1090. The normalized spacial score (nSPS) is 12.9. The van der Waals surface area contributed by atoms with Gasteiger partial charge >= 0.3 is 0 Å². The number of carbonyl (C=O) groups is 3. The van der Waals surface area contributed by atoms with Crippen molar-refractivity contribution < 1.29 is 14.4 Å². The maximum Gasteiger partial charge on any atom is 0.261 e. The average molecular weight is 434 g/mol. The smallest absolute Gasteiger partial charge is 0.261 e. The van der Waals surface area contributed by atoms with E-state index in [1.165, 1.54) is 16.2 Å². The van der Waals surface area contributed by atoms with E-state index >= 15 is 0 Å². The van der Waals surface area contributed by atoms with E-state index in [9.17, 15) is 14.4 Å². The Morgan fingerprint density at radius 1 is 0.935 bits per heavy atom. The molecule has 2 heterocycles. The van der Waals surface area contributed by atoms with Gasteiger partial charge < -0.3 is 5.32 Å². The van der Waals surface area contributed by atoms with Crippen molar-refractivity contribution >= 4 is 34.2 Å². The van der Waals surface area contributed by atoms with Gasteiger partial charge in [0.15, 0.2) is 5.13 Å². The summed E-state index contributed by atoms with van der Waals surface area (Å²) in [6.45, 7) is 2.37. The van der Waals surface area contributed by atoms with Crippen molar-refractivity contribution in [1.82, 2.24) is 9.88 Å². The number of anilines is 1. The van der Waals surface area contributed by atoms with Gasteiger partial charge in [-0.3, -0.25) is 19.3 Å². The van der Waals surface area contributed by atoms with Gasteiger partial charge in [0, 0.05) is 23.4 Å². The highest BCUT2D eigenvalue weighted by Crippen LogP contribution is 2.30. The summed E-state index contributed by atoms with van der Waals surface area (Å²) in [5, 5.41) is 3.48. The molecular formula is C24H23N3O3S. The number of benzene rings is 2. The molecule has 0 fully saturated rings. The number of carbonyl (C=O) groups excluding carboxylic acids is 3. The largest absolute Gasteiger partial charge is 0.302 e.